The summed E-state index contributed by atoms with van der Waals surface area (Å²) in [5, 5.41) is 23.3. The Morgan fingerprint density at radius 2 is 2.20 bits per heavy atom. The highest BCUT2D eigenvalue weighted by Gasteiger charge is 2.29. The molecule has 6 heteroatoms. The molecule has 1 aromatic carbocycles. The molecule has 0 radical (unpaired) electrons. The fourth-order valence-electron chi connectivity index (χ4n) is 3.61. The van der Waals surface area contributed by atoms with Crippen LogP contribution in [0.15, 0.2) is 36.5 Å². The fourth-order valence-corrected chi connectivity index (χ4v) is 3.61. The van der Waals surface area contributed by atoms with E-state index in [9.17, 15) is 14.6 Å². The molecule has 2 aromatic heterocycles. The third-order valence-electron chi connectivity index (χ3n) is 4.98. The zero-order valence-electron chi connectivity index (χ0n) is 13.9. The standard InChI is InChI=1S/C19H20FN3O2/c1-11-16(10-24)22-19-15(3-2-8-23(11)19)21-18-14-6-5-13(20)9-12(14)4-7-17(18)25/h2-3,5-6,8-9,17-18,21,24-25H,4,7,10H2,1H3. The Hall–Kier alpha value is -2.44. The number of anilines is 1. The van der Waals surface area contributed by atoms with Gasteiger partial charge in [0.05, 0.1) is 30.1 Å². The number of hydrogen-bond acceptors (Lipinski definition) is 4. The maximum absolute atomic E-state index is 13.5. The van der Waals surface area contributed by atoms with Gasteiger partial charge in [0.15, 0.2) is 5.65 Å². The van der Waals surface area contributed by atoms with E-state index in [1.165, 1.54) is 6.07 Å². The molecule has 2 heterocycles. The largest absolute Gasteiger partial charge is 0.391 e. The first-order valence-corrected chi connectivity index (χ1v) is 8.39. The van der Waals surface area contributed by atoms with Crippen molar-refractivity contribution in [3.05, 3.63) is 64.9 Å². The Kier molecular flexibility index (Phi) is 3.94. The number of hydrogen-bond donors (Lipinski definition) is 3. The van der Waals surface area contributed by atoms with Crippen LogP contribution in [0.2, 0.25) is 0 Å². The van der Waals surface area contributed by atoms with Crippen molar-refractivity contribution in [1.82, 2.24) is 9.38 Å². The first-order chi connectivity index (χ1) is 12.1. The topological polar surface area (TPSA) is 69.8 Å². The Morgan fingerprint density at radius 3 is 3.00 bits per heavy atom. The average molecular weight is 341 g/mol. The third kappa shape index (κ3) is 2.67. The van der Waals surface area contributed by atoms with Crippen LogP contribution in [0.3, 0.4) is 0 Å². The van der Waals surface area contributed by atoms with Crippen LogP contribution in [0.5, 0.6) is 0 Å². The van der Waals surface area contributed by atoms with E-state index >= 15 is 0 Å². The van der Waals surface area contributed by atoms with Crippen LogP contribution >= 0.6 is 0 Å². The Morgan fingerprint density at radius 1 is 1.36 bits per heavy atom. The average Bonchev–Trinajstić information content (AvgIpc) is 2.94. The van der Waals surface area contributed by atoms with Crippen molar-refractivity contribution in [2.75, 3.05) is 5.32 Å². The Balaban J connectivity index is 1.77. The maximum atomic E-state index is 13.5. The number of pyridine rings is 1. The second-order valence-electron chi connectivity index (χ2n) is 6.49. The van der Waals surface area contributed by atoms with Crippen molar-refractivity contribution in [3.8, 4) is 0 Å². The highest BCUT2D eigenvalue weighted by atomic mass is 19.1. The summed E-state index contributed by atoms with van der Waals surface area (Å²) >= 11 is 0. The summed E-state index contributed by atoms with van der Waals surface area (Å²) in [6, 6.07) is 8.17. The van der Waals surface area contributed by atoms with E-state index in [2.05, 4.69) is 10.3 Å². The van der Waals surface area contributed by atoms with Crippen molar-refractivity contribution >= 4 is 11.3 Å². The van der Waals surface area contributed by atoms with Crippen LogP contribution in [-0.4, -0.2) is 25.7 Å². The van der Waals surface area contributed by atoms with Crippen LogP contribution in [-0.2, 0) is 13.0 Å². The first-order valence-electron chi connectivity index (χ1n) is 8.39. The van der Waals surface area contributed by atoms with Gasteiger partial charge < -0.3 is 19.9 Å². The predicted molar refractivity (Wildman–Crippen MR) is 92.9 cm³/mol. The van der Waals surface area contributed by atoms with Crippen LogP contribution in [0.1, 0.15) is 35.0 Å². The Labute approximate surface area is 144 Å². The van der Waals surface area contributed by atoms with Crippen molar-refractivity contribution in [1.29, 1.82) is 0 Å². The monoisotopic (exact) mass is 341 g/mol. The summed E-state index contributed by atoms with van der Waals surface area (Å²) in [7, 11) is 0. The van der Waals surface area contributed by atoms with Crippen molar-refractivity contribution < 1.29 is 14.6 Å². The molecule has 2 atom stereocenters. The van der Waals surface area contributed by atoms with E-state index in [1.54, 1.807) is 12.1 Å². The molecule has 0 spiro atoms. The van der Waals surface area contributed by atoms with Gasteiger partial charge in [-0.3, -0.25) is 0 Å². The smallest absolute Gasteiger partial charge is 0.160 e. The van der Waals surface area contributed by atoms with Crippen molar-refractivity contribution in [3.63, 3.8) is 0 Å². The lowest BCUT2D eigenvalue weighted by Crippen LogP contribution is -2.31. The molecule has 0 fully saturated rings. The molecule has 3 aromatic rings. The molecule has 2 unspecified atom stereocenters. The van der Waals surface area contributed by atoms with Crippen LogP contribution in [0, 0.1) is 12.7 Å². The van der Waals surface area contributed by atoms with E-state index in [4.69, 9.17) is 0 Å². The number of imidazole rings is 1. The van der Waals surface area contributed by atoms with Gasteiger partial charge in [0, 0.05) is 11.9 Å². The zero-order chi connectivity index (χ0) is 17.6. The van der Waals surface area contributed by atoms with Gasteiger partial charge in [0.1, 0.15) is 5.82 Å². The van der Waals surface area contributed by atoms with Crippen molar-refractivity contribution in [2.45, 2.75) is 38.5 Å². The molecule has 1 aliphatic carbocycles. The van der Waals surface area contributed by atoms with Gasteiger partial charge in [0.25, 0.3) is 0 Å². The van der Waals surface area contributed by atoms with Gasteiger partial charge >= 0.3 is 0 Å². The zero-order valence-corrected chi connectivity index (χ0v) is 13.9. The minimum atomic E-state index is -0.563. The second-order valence-corrected chi connectivity index (χ2v) is 6.49. The molecule has 4 rings (SSSR count). The number of fused-ring (bicyclic) bond motifs is 2. The van der Waals surface area contributed by atoms with Gasteiger partial charge in [0.2, 0.25) is 0 Å². The quantitative estimate of drug-likeness (QED) is 0.685. The third-order valence-corrected chi connectivity index (χ3v) is 4.98. The first kappa shape index (κ1) is 16.1. The van der Waals surface area contributed by atoms with Gasteiger partial charge in [-0.15, -0.1) is 0 Å². The molecular formula is C19H20FN3O2. The summed E-state index contributed by atoms with van der Waals surface area (Å²) in [6.07, 6.45) is 2.56. The van der Waals surface area contributed by atoms with E-state index in [-0.39, 0.29) is 18.5 Å². The van der Waals surface area contributed by atoms with Gasteiger partial charge in [-0.05, 0) is 55.2 Å². The maximum Gasteiger partial charge on any atom is 0.160 e. The summed E-state index contributed by atoms with van der Waals surface area (Å²) in [6.45, 7) is 1.78. The summed E-state index contributed by atoms with van der Waals surface area (Å²) < 4.78 is 15.4. The van der Waals surface area contributed by atoms with Crippen molar-refractivity contribution in [2.24, 2.45) is 0 Å². The minimum absolute atomic E-state index is 0.124. The molecule has 25 heavy (non-hydrogen) atoms. The lowest BCUT2D eigenvalue weighted by atomic mass is 9.85. The summed E-state index contributed by atoms with van der Waals surface area (Å²) in [5.74, 6) is -0.257. The molecule has 0 aliphatic heterocycles. The van der Waals surface area contributed by atoms with Crippen LogP contribution in [0.4, 0.5) is 10.1 Å². The number of nitrogens with zero attached hydrogens (tertiary/aromatic N) is 2. The molecule has 0 amide bonds. The lowest BCUT2D eigenvalue weighted by molar-refractivity contribution is 0.135. The van der Waals surface area contributed by atoms with E-state index in [0.29, 0.717) is 24.2 Å². The number of aliphatic hydroxyl groups excluding tert-OH is 2. The molecule has 1 aliphatic rings. The number of rotatable bonds is 3. The number of nitrogens with one attached hydrogen (secondary N) is 1. The highest BCUT2D eigenvalue weighted by Crippen LogP contribution is 2.34. The molecular weight excluding hydrogens is 321 g/mol. The number of benzene rings is 1. The number of aryl methyl sites for hydroxylation is 2. The fraction of sp³-hybridized carbons (Fsp3) is 0.316. The van der Waals surface area contributed by atoms with E-state index < -0.39 is 6.10 Å². The van der Waals surface area contributed by atoms with Crippen LogP contribution < -0.4 is 5.32 Å². The molecule has 3 N–H and O–H groups in total. The van der Waals surface area contributed by atoms with Crippen LogP contribution in [0.25, 0.3) is 5.65 Å². The Bertz CT molecular complexity index is 938. The highest BCUT2D eigenvalue weighted by molar-refractivity contribution is 5.69. The molecule has 0 saturated carbocycles. The second kappa shape index (κ2) is 6.13. The number of halogens is 1. The lowest BCUT2D eigenvalue weighted by Gasteiger charge is -2.31. The minimum Gasteiger partial charge on any atom is -0.391 e. The summed E-state index contributed by atoms with van der Waals surface area (Å²) in [4.78, 5) is 4.50. The number of aliphatic hydroxyl groups is 2. The molecule has 0 bridgehead atoms. The van der Waals surface area contributed by atoms with Gasteiger partial charge in [-0.2, -0.15) is 0 Å². The normalized spacial score (nSPS) is 19.8. The summed E-state index contributed by atoms with van der Waals surface area (Å²) in [5.41, 5.74) is 4.81. The van der Waals surface area contributed by atoms with E-state index in [0.717, 1.165) is 22.5 Å². The predicted octanol–water partition coefficient (Wildman–Crippen LogP) is 2.73. The molecule has 130 valence electrons. The van der Waals surface area contributed by atoms with Gasteiger partial charge in [-0.1, -0.05) is 6.07 Å². The van der Waals surface area contributed by atoms with E-state index in [1.807, 2.05) is 29.7 Å². The molecule has 0 saturated heterocycles. The van der Waals surface area contributed by atoms with Gasteiger partial charge in [-0.25, -0.2) is 9.37 Å². The number of aromatic nitrogens is 2. The molecule has 5 nitrogen and oxygen atoms in total. The SMILES string of the molecule is Cc1c(CO)nc2c(NC3c4ccc(F)cc4CCC3O)cccn12.